The van der Waals surface area contributed by atoms with E-state index in [9.17, 15) is 0 Å². The van der Waals surface area contributed by atoms with Crippen LogP contribution in [0, 0.1) is 0 Å². The Balaban J connectivity index is 1.79. The molecule has 4 rings (SSSR count). The van der Waals surface area contributed by atoms with Gasteiger partial charge in [-0.2, -0.15) is 0 Å². The van der Waals surface area contributed by atoms with Gasteiger partial charge in [0.25, 0.3) is 0 Å². The smallest absolute Gasteiger partial charge is 0.0635 e. The van der Waals surface area contributed by atoms with Crippen molar-refractivity contribution in [3.8, 4) is 0 Å². The number of hydrogen-bond acceptors (Lipinski definition) is 2. The molecule has 1 aliphatic heterocycles. The highest BCUT2D eigenvalue weighted by Gasteiger charge is 2.28. The first-order valence-corrected chi connectivity index (χ1v) is 8.25. The zero-order valence-electron chi connectivity index (χ0n) is 12.8. The van der Waals surface area contributed by atoms with Gasteiger partial charge in [0.1, 0.15) is 0 Å². The summed E-state index contributed by atoms with van der Waals surface area (Å²) in [4.78, 5) is 6.80. The molecule has 2 aromatic rings. The van der Waals surface area contributed by atoms with Crippen molar-refractivity contribution in [3.63, 3.8) is 0 Å². The fourth-order valence-electron chi connectivity index (χ4n) is 3.78. The van der Waals surface area contributed by atoms with Gasteiger partial charge in [-0.05, 0) is 54.0 Å². The standard InChI is InChI=1S/C19H19ClN2/c1-12-4-3-5-17-18(12)9-21-10-19(17)22-11-14-8-15(20)6-7-16(14)13(22)2/h6-10,12H,2-5,11H2,1H3/t12-/m1/s1. The van der Waals surface area contributed by atoms with Crippen molar-refractivity contribution in [1.29, 1.82) is 0 Å². The number of rotatable bonds is 1. The molecule has 1 aromatic heterocycles. The van der Waals surface area contributed by atoms with Crippen LogP contribution >= 0.6 is 11.6 Å². The summed E-state index contributed by atoms with van der Waals surface area (Å²) >= 11 is 6.14. The topological polar surface area (TPSA) is 16.1 Å². The van der Waals surface area contributed by atoms with E-state index in [1.807, 2.05) is 24.5 Å². The molecule has 3 heteroatoms. The highest BCUT2D eigenvalue weighted by molar-refractivity contribution is 6.30. The highest BCUT2D eigenvalue weighted by Crippen LogP contribution is 2.42. The lowest BCUT2D eigenvalue weighted by Gasteiger charge is -2.29. The molecule has 0 bridgehead atoms. The lowest BCUT2D eigenvalue weighted by Crippen LogP contribution is -2.19. The summed E-state index contributed by atoms with van der Waals surface area (Å²) in [6.07, 6.45) is 7.69. The molecule has 0 spiro atoms. The predicted molar refractivity (Wildman–Crippen MR) is 92.3 cm³/mol. The number of hydrogen-bond donors (Lipinski definition) is 0. The Kier molecular flexibility index (Phi) is 3.23. The second-order valence-corrected chi connectivity index (χ2v) is 6.79. The summed E-state index contributed by atoms with van der Waals surface area (Å²) in [6, 6.07) is 6.06. The third kappa shape index (κ3) is 2.05. The van der Waals surface area contributed by atoms with E-state index < -0.39 is 0 Å². The van der Waals surface area contributed by atoms with Gasteiger partial charge in [-0.3, -0.25) is 4.98 Å². The van der Waals surface area contributed by atoms with E-state index in [2.05, 4.69) is 29.5 Å². The number of benzene rings is 1. The second kappa shape index (κ2) is 5.13. The molecule has 0 amide bonds. The number of anilines is 1. The summed E-state index contributed by atoms with van der Waals surface area (Å²) in [5, 5.41) is 0.787. The summed E-state index contributed by atoms with van der Waals surface area (Å²) in [7, 11) is 0. The average molecular weight is 311 g/mol. The van der Waals surface area contributed by atoms with E-state index in [1.165, 1.54) is 40.8 Å². The average Bonchev–Trinajstić information content (AvgIpc) is 2.83. The van der Waals surface area contributed by atoms with Gasteiger partial charge in [-0.15, -0.1) is 0 Å². The monoisotopic (exact) mass is 310 g/mol. The molecule has 2 heterocycles. The summed E-state index contributed by atoms with van der Waals surface area (Å²) < 4.78 is 0. The molecule has 0 saturated heterocycles. The second-order valence-electron chi connectivity index (χ2n) is 6.35. The Morgan fingerprint density at radius 3 is 3.05 bits per heavy atom. The molecule has 2 aliphatic rings. The van der Waals surface area contributed by atoms with Crippen molar-refractivity contribution >= 4 is 23.0 Å². The van der Waals surface area contributed by atoms with Crippen LogP contribution in [-0.4, -0.2) is 4.98 Å². The van der Waals surface area contributed by atoms with Crippen molar-refractivity contribution < 1.29 is 0 Å². The van der Waals surface area contributed by atoms with Crippen molar-refractivity contribution in [1.82, 2.24) is 4.98 Å². The number of halogens is 1. The molecule has 0 radical (unpaired) electrons. The minimum absolute atomic E-state index is 0.601. The SMILES string of the molecule is C=C1c2ccc(Cl)cc2CN1c1cncc2c1CCC[C@H]2C. The van der Waals surface area contributed by atoms with Crippen LogP contribution in [-0.2, 0) is 13.0 Å². The van der Waals surface area contributed by atoms with Gasteiger partial charge in [-0.1, -0.05) is 31.2 Å². The molecule has 0 saturated carbocycles. The maximum absolute atomic E-state index is 6.14. The predicted octanol–water partition coefficient (Wildman–Crippen LogP) is 5.17. The van der Waals surface area contributed by atoms with Gasteiger partial charge < -0.3 is 4.90 Å². The highest BCUT2D eigenvalue weighted by atomic mass is 35.5. The molecule has 2 nitrogen and oxygen atoms in total. The van der Waals surface area contributed by atoms with Gasteiger partial charge in [-0.25, -0.2) is 0 Å². The summed E-state index contributed by atoms with van der Waals surface area (Å²) in [6.45, 7) is 7.44. The van der Waals surface area contributed by atoms with Crippen molar-refractivity contribution in [2.45, 2.75) is 38.6 Å². The molecular formula is C19H19ClN2. The van der Waals surface area contributed by atoms with E-state index in [4.69, 9.17) is 11.6 Å². The maximum Gasteiger partial charge on any atom is 0.0635 e. The van der Waals surface area contributed by atoms with Crippen LogP contribution in [0.15, 0.2) is 37.2 Å². The molecule has 112 valence electrons. The normalized spacial score (nSPS) is 20.0. The summed E-state index contributed by atoms with van der Waals surface area (Å²) in [5.74, 6) is 0.601. The van der Waals surface area contributed by atoms with E-state index in [0.29, 0.717) is 5.92 Å². The van der Waals surface area contributed by atoms with Gasteiger partial charge in [0.15, 0.2) is 0 Å². The van der Waals surface area contributed by atoms with Gasteiger partial charge >= 0.3 is 0 Å². The number of nitrogens with zero attached hydrogens (tertiary/aromatic N) is 2. The largest absolute Gasteiger partial charge is 0.335 e. The lowest BCUT2D eigenvalue weighted by molar-refractivity contribution is 0.587. The molecular weight excluding hydrogens is 292 g/mol. The zero-order chi connectivity index (χ0) is 15.3. The molecule has 1 aromatic carbocycles. The van der Waals surface area contributed by atoms with Crippen LogP contribution < -0.4 is 4.90 Å². The van der Waals surface area contributed by atoms with Crippen LogP contribution in [0.2, 0.25) is 5.02 Å². The first kappa shape index (κ1) is 13.8. The number of fused-ring (bicyclic) bond motifs is 2. The molecule has 1 atom stereocenters. The Bertz CT molecular complexity index is 766. The van der Waals surface area contributed by atoms with Crippen LogP contribution in [0.1, 0.15) is 47.9 Å². The van der Waals surface area contributed by atoms with Gasteiger partial charge in [0, 0.05) is 29.0 Å². The molecule has 22 heavy (non-hydrogen) atoms. The van der Waals surface area contributed by atoms with Crippen LogP contribution in [0.3, 0.4) is 0 Å². The first-order chi connectivity index (χ1) is 10.6. The molecule has 1 aliphatic carbocycles. The molecule has 0 N–H and O–H groups in total. The minimum Gasteiger partial charge on any atom is -0.335 e. The third-order valence-corrected chi connectivity index (χ3v) is 5.22. The van der Waals surface area contributed by atoms with Gasteiger partial charge in [0.2, 0.25) is 0 Å². The first-order valence-electron chi connectivity index (χ1n) is 7.87. The Morgan fingerprint density at radius 1 is 1.32 bits per heavy atom. The van der Waals surface area contributed by atoms with Crippen LogP contribution in [0.25, 0.3) is 5.70 Å². The van der Waals surface area contributed by atoms with Crippen molar-refractivity contribution in [3.05, 3.63) is 64.4 Å². The van der Waals surface area contributed by atoms with Crippen molar-refractivity contribution in [2.24, 2.45) is 0 Å². The molecule has 0 fully saturated rings. The Hall–Kier alpha value is -1.80. The van der Waals surface area contributed by atoms with E-state index in [1.54, 1.807) is 0 Å². The van der Waals surface area contributed by atoms with E-state index in [0.717, 1.165) is 23.7 Å². The van der Waals surface area contributed by atoms with Crippen LogP contribution in [0.4, 0.5) is 5.69 Å². The van der Waals surface area contributed by atoms with E-state index in [-0.39, 0.29) is 0 Å². The van der Waals surface area contributed by atoms with Crippen LogP contribution in [0.5, 0.6) is 0 Å². The quantitative estimate of drug-likeness (QED) is 0.722. The van der Waals surface area contributed by atoms with E-state index >= 15 is 0 Å². The zero-order valence-corrected chi connectivity index (χ0v) is 13.5. The third-order valence-electron chi connectivity index (χ3n) is 4.99. The minimum atomic E-state index is 0.601. The number of aromatic nitrogens is 1. The Morgan fingerprint density at radius 2 is 2.18 bits per heavy atom. The Labute approximate surface area is 136 Å². The summed E-state index contributed by atoms with van der Waals surface area (Å²) in [5.41, 5.74) is 7.59. The molecule has 0 unspecified atom stereocenters. The van der Waals surface area contributed by atoms with Crippen molar-refractivity contribution in [2.75, 3.05) is 4.90 Å². The lowest BCUT2D eigenvalue weighted by atomic mass is 9.84. The fourth-order valence-corrected chi connectivity index (χ4v) is 3.97. The fraction of sp³-hybridized carbons (Fsp3) is 0.316. The van der Waals surface area contributed by atoms with Gasteiger partial charge in [0.05, 0.1) is 11.9 Å². The maximum atomic E-state index is 6.14. The number of pyridine rings is 1.